The normalized spacial score (nSPS) is 12.5. The number of halogens is 1. The van der Waals surface area contributed by atoms with Crippen molar-refractivity contribution in [2.24, 2.45) is 0 Å². The molecule has 4 heteroatoms. The van der Waals surface area contributed by atoms with Crippen LogP contribution in [-0.2, 0) is 22.7 Å². The van der Waals surface area contributed by atoms with E-state index in [0.29, 0.717) is 5.04 Å². The summed E-state index contributed by atoms with van der Waals surface area (Å²) in [5, 5.41) is 1.73. The Hall–Kier alpha value is 1.28. The Balaban J connectivity index is 0. The zero-order chi connectivity index (χ0) is 9.83. The van der Waals surface area contributed by atoms with Crippen LogP contribution < -0.4 is 17.0 Å². The molecule has 1 nitrogen and oxygen atoms in total. The molecule has 0 atom stereocenters. The molecule has 0 saturated heterocycles. The van der Waals surface area contributed by atoms with Crippen LogP contribution in [-0.4, -0.2) is 14.9 Å². The van der Waals surface area contributed by atoms with Crippen molar-refractivity contribution >= 4 is 8.32 Å². The summed E-state index contributed by atoms with van der Waals surface area (Å²) in [5.41, 5.74) is 0. The molecule has 0 aliphatic rings. The number of hydrogen-bond acceptors (Lipinski definition) is 1. The molecule has 0 amide bonds. The first kappa shape index (κ1) is 16.7. The maximum Gasteiger partial charge on any atom is -1.00 e. The van der Waals surface area contributed by atoms with Gasteiger partial charge in [0.2, 0.25) is 0 Å². The summed E-state index contributed by atoms with van der Waals surface area (Å²) >= 11 is 1.40. The van der Waals surface area contributed by atoms with E-state index < -0.39 is 8.32 Å². The van der Waals surface area contributed by atoms with E-state index in [0.717, 1.165) is 6.61 Å². The molecule has 0 aliphatic heterocycles. The third-order valence-electron chi connectivity index (χ3n) is 2.66. The Morgan fingerprint density at radius 2 is 1.69 bits per heavy atom. The van der Waals surface area contributed by atoms with Crippen molar-refractivity contribution in [3.63, 3.8) is 0 Å². The average Bonchev–Trinajstić information content (AvgIpc) is 1.85. The van der Waals surface area contributed by atoms with Crippen LogP contribution in [0, 0.1) is 0 Å². The Morgan fingerprint density at radius 1 is 1.23 bits per heavy atom. The molecular formula is C9H21BrOSiZn. The smallest absolute Gasteiger partial charge is 1.00 e. The largest absolute Gasteiger partial charge is 1.00 e. The minimum absolute atomic E-state index is 0. The second-order valence-corrected chi connectivity index (χ2v) is 11.1. The van der Waals surface area contributed by atoms with Crippen molar-refractivity contribution in [2.75, 3.05) is 6.61 Å². The topological polar surface area (TPSA) is 9.23 Å². The minimum atomic E-state index is -1.43. The molecular weight excluding hydrogens is 297 g/mol. The molecule has 0 N–H and O–H groups in total. The van der Waals surface area contributed by atoms with Crippen LogP contribution in [0.2, 0.25) is 23.1 Å². The van der Waals surface area contributed by atoms with Gasteiger partial charge in [-0.1, -0.05) is 0 Å². The van der Waals surface area contributed by atoms with E-state index >= 15 is 0 Å². The van der Waals surface area contributed by atoms with Gasteiger partial charge in [0.05, 0.1) is 0 Å². The molecule has 0 radical (unpaired) electrons. The molecule has 0 saturated carbocycles. The van der Waals surface area contributed by atoms with Gasteiger partial charge in [-0.15, -0.1) is 0 Å². The molecule has 13 heavy (non-hydrogen) atoms. The quantitative estimate of drug-likeness (QED) is 0.537. The first-order valence-corrected chi connectivity index (χ1v) is 9.75. The zero-order valence-corrected chi connectivity index (χ0v) is 15.2. The number of rotatable bonds is 4. The molecule has 76 valence electrons. The summed E-state index contributed by atoms with van der Waals surface area (Å²) < 4.78 is 5.99. The Kier molecular flexibility index (Phi) is 8.62. The van der Waals surface area contributed by atoms with Crippen molar-refractivity contribution in [2.45, 2.75) is 50.3 Å². The molecule has 0 heterocycles. The van der Waals surface area contributed by atoms with Gasteiger partial charge in [-0.05, 0) is 0 Å². The predicted octanol–water partition coefficient (Wildman–Crippen LogP) is 0.367. The fraction of sp³-hybridized carbons (Fsp3) is 1.00. The van der Waals surface area contributed by atoms with Gasteiger partial charge in [0.1, 0.15) is 0 Å². The van der Waals surface area contributed by atoms with Crippen LogP contribution in [0.15, 0.2) is 0 Å². The van der Waals surface area contributed by atoms with Crippen molar-refractivity contribution in [3.05, 3.63) is 0 Å². The van der Waals surface area contributed by atoms with E-state index in [2.05, 4.69) is 33.9 Å². The Morgan fingerprint density at radius 3 is 2.00 bits per heavy atom. The van der Waals surface area contributed by atoms with E-state index in [1.165, 1.54) is 29.7 Å². The standard InChI is InChI=1S/C9H21OSi.BrH.Zn/c1-7-8-10-11(5,6)9(2,3)4;;/h1,7-8H2,2-6H3;1H;/q;;+1/p-1. The van der Waals surface area contributed by atoms with Crippen molar-refractivity contribution < 1.29 is 39.7 Å². The molecule has 0 fully saturated rings. The van der Waals surface area contributed by atoms with Crippen LogP contribution in [0.25, 0.3) is 0 Å². The number of hydrogen-bond donors (Lipinski definition) is 0. The van der Waals surface area contributed by atoms with Crippen LogP contribution in [0.3, 0.4) is 0 Å². The van der Waals surface area contributed by atoms with Crippen molar-refractivity contribution in [3.8, 4) is 0 Å². The molecule has 0 aliphatic carbocycles. The van der Waals surface area contributed by atoms with Gasteiger partial charge in [0.25, 0.3) is 0 Å². The maximum atomic E-state index is 5.99. The molecule has 0 aromatic rings. The van der Waals surface area contributed by atoms with E-state index in [-0.39, 0.29) is 17.0 Å². The fourth-order valence-electron chi connectivity index (χ4n) is 0.646. The predicted molar refractivity (Wildman–Crippen MR) is 52.6 cm³/mol. The van der Waals surface area contributed by atoms with Crippen LogP contribution >= 0.6 is 0 Å². The summed E-state index contributed by atoms with van der Waals surface area (Å²) in [4.78, 5) is 0. The molecule has 0 aromatic heterocycles. The van der Waals surface area contributed by atoms with Gasteiger partial charge in [0, 0.05) is 0 Å². The minimum Gasteiger partial charge on any atom is -1.00 e. The molecule has 0 bridgehead atoms. The Bertz CT molecular complexity index is 134. The van der Waals surface area contributed by atoms with E-state index in [4.69, 9.17) is 4.43 Å². The van der Waals surface area contributed by atoms with Crippen molar-refractivity contribution in [1.29, 1.82) is 0 Å². The summed E-state index contributed by atoms with van der Waals surface area (Å²) in [6.45, 7) is 12.5. The summed E-state index contributed by atoms with van der Waals surface area (Å²) in [7, 11) is -1.43. The first-order valence-electron chi connectivity index (χ1n) is 4.74. The molecule has 0 rings (SSSR count). The van der Waals surface area contributed by atoms with Crippen molar-refractivity contribution in [1.82, 2.24) is 0 Å². The maximum absolute atomic E-state index is 5.99. The van der Waals surface area contributed by atoms with Gasteiger partial charge in [-0.2, -0.15) is 0 Å². The van der Waals surface area contributed by atoms with E-state index in [1.54, 1.807) is 0 Å². The molecule has 0 unspecified atom stereocenters. The molecule has 0 aromatic carbocycles. The SMILES string of the molecule is CC(C)(C)[Si](C)(C)OCC[CH2][Zn+].[Br-]. The van der Waals surface area contributed by atoms with Crippen LogP contribution in [0.4, 0.5) is 0 Å². The average molecular weight is 319 g/mol. The summed E-state index contributed by atoms with van der Waals surface area (Å²) in [6, 6.07) is 0. The van der Waals surface area contributed by atoms with Crippen LogP contribution in [0.1, 0.15) is 27.2 Å². The first-order chi connectivity index (χ1) is 5.31. The zero-order valence-electron chi connectivity index (χ0n) is 9.61. The van der Waals surface area contributed by atoms with Gasteiger partial charge in [-0.25, -0.2) is 0 Å². The van der Waals surface area contributed by atoms with Gasteiger partial charge >= 0.3 is 88.0 Å². The summed E-state index contributed by atoms with van der Waals surface area (Å²) in [5.74, 6) is 0. The third kappa shape index (κ3) is 6.38. The Labute approximate surface area is 105 Å². The monoisotopic (exact) mass is 316 g/mol. The van der Waals surface area contributed by atoms with Gasteiger partial charge < -0.3 is 17.0 Å². The van der Waals surface area contributed by atoms with E-state index in [9.17, 15) is 0 Å². The fourth-order valence-corrected chi connectivity index (χ4v) is 2.16. The van der Waals surface area contributed by atoms with Gasteiger partial charge in [0.15, 0.2) is 0 Å². The van der Waals surface area contributed by atoms with E-state index in [1.807, 2.05) is 0 Å². The summed E-state index contributed by atoms with van der Waals surface area (Å²) in [6.07, 6.45) is 1.26. The molecule has 0 spiro atoms. The second-order valence-electron chi connectivity index (χ2n) is 4.82. The van der Waals surface area contributed by atoms with Gasteiger partial charge in [-0.3, -0.25) is 0 Å². The third-order valence-corrected chi connectivity index (χ3v) is 8.25. The van der Waals surface area contributed by atoms with Crippen LogP contribution in [0.5, 0.6) is 0 Å². The second kappa shape index (κ2) is 6.71.